The van der Waals surface area contributed by atoms with E-state index < -0.39 is 0 Å². The number of hydrogen-bond acceptors (Lipinski definition) is 4. The van der Waals surface area contributed by atoms with Crippen molar-refractivity contribution in [1.82, 2.24) is 4.98 Å². The maximum Gasteiger partial charge on any atom is 0.144 e. The molecule has 0 aliphatic carbocycles. The van der Waals surface area contributed by atoms with Crippen LogP contribution in [0.3, 0.4) is 0 Å². The fraction of sp³-hybridized carbons (Fsp3) is 0.286. The smallest absolute Gasteiger partial charge is 0.144 e. The SMILES string of the molecule is Cc1ccc(CC(C)Nc2ncccc2C#N)s1. The van der Waals surface area contributed by atoms with Crippen LogP contribution in [0.4, 0.5) is 5.82 Å². The second-order valence-electron chi connectivity index (χ2n) is 4.27. The molecule has 18 heavy (non-hydrogen) atoms. The first-order chi connectivity index (χ1) is 8.69. The normalized spacial score (nSPS) is 11.8. The van der Waals surface area contributed by atoms with Gasteiger partial charge in [-0.2, -0.15) is 5.26 Å². The molecule has 3 nitrogen and oxygen atoms in total. The van der Waals surface area contributed by atoms with Gasteiger partial charge in [0.15, 0.2) is 0 Å². The van der Waals surface area contributed by atoms with Gasteiger partial charge in [-0.1, -0.05) is 0 Å². The molecule has 0 aliphatic rings. The largest absolute Gasteiger partial charge is 0.366 e. The first-order valence-electron chi connectivity index (χ1n) is 5.86. The molecule has 0 saturated heterocycles. The van der Waals surface area contributed by atoms with Crippen LogP contribution >= 0.6 is 11.3 Å². The van der Waals surface area contributed by atoms with Crippen molar-refractivity contribution in [3.8, 4) is 6.07 Å². The highest BCUT2D eigenvalue weighted by Crippen LogP contribution is 2.18. The molecule has 0 fully saturated rings. The molecule has 0 spiro atoms. The fourth-order valence-electron chi connectivity index (χ4n) is 1.79. The molecule has 0 radical (unpaired) electrons. The minimum absolute atomic E-state index is 0.255. The summed E-state index contributed by atoms with van der Waals surface area (Å²) in [5.74, 6) is 0.667. The Hall–Kier alpha value is -1.86. The van der Waals surface area contributed by atoms with Gasteiger partial charge >= 0.3 is 0 Å². The molecular formula is C14H15N3S. The van der Waals surface area contributed by atoms with Gasteiger partial charge in [0, 0.05) is 28.4 Å². The van der Waals surface area contributed by atoms with E-state index in [-0.39, 0.29) is 6.04 Å². The molecule has 0 aromatic carbocycles. The summed E-state index contributed by atoms with van der Waals surface area (Å²) in [5.41, 5.74) is 0.590. The Kier molecular flexibility index (Phi) is 3.96. The molecular weight excluding hydrogens is 242 g/mol. The Balaban J connectivity index is 2.03. The van der Waals surface area contributed by atoms with E-state index in [9.17, 15) is 0 Å². The van der Waals surface area contributed by atoms with E-state index in [2.05, 4.69) is 42.4 Å². The highest BCUT2D eigenvalue weighted by Gasteiger charge is 2.08. The minimum Gasteiger partial charge on any atom is -0.366 e. The molecule has 1 unspecified atom stereocenters. The Labute approximate surface area is 111 Å². The van der Waals surface area contributed by atoms with Crippen molar-refractivity contribution in [2.75, 3.05) is 5.32 Å². The second-order valence-corrected chi connectivity index (χ2v) is 5.65. The third-order valence-electron chi connectivity index (χ3n) is 2.61. The summed E-state index contributed by atoms with van der Waals surface area (Å²) in [5, 5.41) is 12.3. The molecule has 2 rings (SSSR count). The zero-order valence-electron chi connectivity index (χ0n) is 10.5. The van der Waals surface area contributed by atoms with Crippen LogP contribution in [0, 0.1) is 18.3 Å². The number of rotatable bonds is 4. The summed E-state index contributed by atoms with van der Waals surface area (Å²) in [7, 11) is 0. The van der Waals surface area contributed by atoms with Gasteiger partial charge in [0.2, 0.25) is 0 Å². The van der Waals surface area contributed by atoms with Crippen LogP contribution in [0.1, 0.15) is 22.2 Å². The highest BCUT2D eigenvalue weighted by atomic mass is 32.1. The van der Waals surface area contributed by atoms with Crippen molar-refractivity contribution < 1.29 is 0 Å². The zero-order chi connectivity index (χ0) is 13.0. The van der Waals surface area contributed by atoms with E-state index in [1.807, 2.05) is 11.3 Å². The fourth-order valence-corrected chi connectivity index (χ4v) is 2.81. The van der Waals surface area contributed by atoms with Crippen molar-refractivity contribution in [2.24, 2.45) is 0 Å². The predicted molar refractivity (Wildman–Crippen MR) is 74.8 cm³/mol. The predicted octanol–water partition coefficient (Wildman–Crippen LogP) is 3.37. The lowest BCUT2D eigenvalue weighted by Crippen LogP contribution is -2.19. The minimum atomic E-state index is 0.255. The lowest BCUT2D eigenvalue weighted by atomic mass is 10.2. The van der Waals surface area contributed by atoms with Crippen LogP contribution in [-0.4, -0.2) is 11.0 Å². The van der Waals surface area contributed by atoms with Crippen LogP contribution in [0.25, 0.3) is 0 Å². The van der Waals surface area contributed by atoms with Gasteiger partial charge in [-0.25, -0.2) is 4.98 Å². The zero-order valence-corrected chi connectivity index (χ0v) is 11.3. The number of nitrogens with one attached hydrogen (secondary N) is 1. The summed E-state index contributed by atoms with van der Waals surface area (Å²) >= 11 is 1.81. The molecule has 1 atom stereocenters. The average Bonchev–Trinajstić information content (AvgIpc) is 2.75. The number of pyridine rings is 1. The van der Waals surface area contributed by atoms with Gasteiger partial charge in [0.05, 0.1) is 5.56 Å². The van der Waals surface area contributed by atoms with Gasteiger partial charge in [-0.15, -0.1) is 11.3 Å². The summed E-state index contributed by atoms with van der Waals surface area (Å²) < 4.78 is 0. The van der Waals surface area contributed by atoms with Crippen molar-refractivity contribution in [2.45, 2.75) is 26.3 Å². The molecule has 2 aromatic heterocycles. The quantitative estimate of drug-likeness (QED) is 0.913. The number of hydrogen-bond donors (Lipinski definition) is 1. The Bertz CT molecular complexity index is 568. The second kappa shape index (κ2) is 5.65. The molecule has 92 valence electrons. The van der Waals surface area contributed by atoms with Gasteiger partial charge in [-0.3, -0.25) is 0 Å². The number of nitriles is 1. The van der Waals surface area contributed by atoms with E-state index in [4.69, 9.17) is 5.26 Å². The van der Waals surface area contributed by atoms with Crippen LogP contribution in [-0.2, 0) is 6.42 Å². The maximum atomic E-state index is 9.00. The number of thiophene rings is 1. The van der Waals surface area contributed by atoms with Crippen molar-refractivity contribution in [1.29, 1.82) is 5.26 Å². The van der Waals surface area contributed by atoms with Crippen molar-refractivity contribution >= 4 is 17.2 Å². The molecule has 0 amide bonds. The third-order valence-corrected chi connectivity index (χ3v) is 3.64. The monoisotopic (exact) mass is 257 g/mol. The Morgan fingerprint density at radius 3 is 2.94 bits per heavy atom. The number of aryl methyl sites for hydroxylation is 1. The number of nitrogens with zero attached hydrogens (tertiary/aromatic N) is 2. The van der Waals surface area contributed by atoms with E-state index in [1.165, 1.54) is 9.75 Å². The van der Waals surface area contributed by atoms with E-state index in [0.29, 0.717) is 11.4 Å². The Morgan fingerprint density at radius 1 is 1.44 bits per heavy atom. The van der Waals surface area contributed by atoms with Crippen molar-refractivity contribution in [3.05, 3.63) is 45.8 Å². The summed E-state index contributed by atoms with van der Waals surface area (Å²) in [6, 6.07) is 10.2. The first kappa shape index (κ1) is 12.6. The van der Waals surface area contributed by atoms with Crippen LogP contribution < -0.4 is 5.32 Å². The summed E-state index contributed by atoms with van der Waals surface area (Å²) in [6.45, 7) is 4.21. The lowest BCUT2D eigenvalue weighted by Gasteiger charge is -2.14. The molecule has 2 heterocycles. The molecule has 2 aromatic rings. The number of aromatic nitrogens is 1. The molecule has 0 aliphatic heterocycles. The molecule has 0 saturated carbocycles. The van der Waals surface area contributed by atoms with Crippen LogP contribution in [0.5, 0.6) is 0 Å². The van der Waals surface area contributed by atoms with E-state index >= 15 is 0 Å². The molecule has 1 N–H and O–H groups in total. The third kappa shape index (κ3) is 3.08. The van der Waals surface area contributed by atoms with Crippen LogP contribution in [0.15, 0.2) is 30.5 Å². The van der Waals surface area contributed by atoms with Crippen molar-refractivity contribution in [3.63, 3.8) is 0 Å². The molecule has 4 heteroatoms. The van der Waals surface area contributed by atoms with Gasteiger partial charge in [0.1, 0.15) is 11.9 Å². The number of anilines is 1. The van der Waals surface area contributed by atoms with E-state index in [0.717, 1.165) is 6.42 Å². The van der Waals surface area contributed by atoms with Gasteiger partial charge in [-0.05, 0) is 38.1 Å². The average molecular weight is 257 g/mol. The lowest BCUT2D eigenvalue weighted by molar-refractivity contribution is 0.794. The van der Waals surface area contributed by atoms with Gasteiger partial charge in [0.25, 0.3) is 0 Å². The van der Waals surface area contributed by atoms with E-state index in [1.54, 1.807) is 18.3 Å². The van der Waals surface area contributed by atoms with Gasteiger partial charge < -0.3 is 5.32 Å². The summed E-state index contributed by atoms with van der Waals surface area (Å²) in [6.07, 6.45) is 2.64. The topological polar surface area (TPSA) is 48.7 Å². The highest BCUT2D eigenvalue weighted by molar-refractivity contribution is 7.11. The maximum absolute atomic E-state index is 9.00. The summed E-state index contributed by atoms with van der Waals surface area (Å²) in [4.78, 5) is 6.88. The standard InChI is InChI=1S/C14H15N3S/c1-10(8-13-6-5-11(2)18-13)17-14-12(9-15)4-3-7-16-14/h3-7,10H,8H2,1-2H3,(H,16,17). The molecule has 0 bridgehead atoms. The first-order valence-corrected chi connectivity index (χ1v) is 6.67. The van der Waals surface area contributed by atoms with Crippen LogP contribution in [0.2, 0.25) is 0 Å². The Morgan fingerprint density at radius 2 is 2.28 bits per heavy atom.